The van der Waals surface area contributed by atoms with Crippen molar-refractivity contribution in [3.8, 4) is 11.8 Å². The molecule has 1 atom stereocenters. The van der Waals surface area contributed by atoms with Crippen LogP contribution >= 0.6 is 11.6 Å². The highest BCUT2D eigenvalue weighted by Crippen LogP contribution is 2.47. The number of rotatable bonds is 2. The summed E-state index contributed by atoms with van der Waals surface area (Å²) in [6.07, 6.45) is -4.10. The number of fused-ring (bicyclic) bond motifs is 1. The molecular formula is C21H14ClF4N5O2. The second-order valence-electron chi connectivity index (χ2n) is 7.48. The predicted molar refractivity (Wildman–Crippen MR) is 114 cm³/mol. The number of nitro groups is 1. The van der Waals surface area contributed by atoms with Gasteiger partial charge in [-0.25, -0.2) is 14.4 Å². The zero-order valence-electron chi connectivity index (χ0n) is 16.7. The fraction of sp³-hybridized carbons (Fsp3) is 0.238. The van der Waals surface area contributed by atoms with Crippen molar-refractivity contribution in [2.24, 2.45) is 5.41 Å². The maximum atomic E-state index is 14.4. The summed E-state index contributed by atoms with van der Waals surface area (Å²) in [5.41, 5.74) is 2.54. The van der Waals surface area contributed by atoms with Gasteiger partial charge in [0.25, 0.3) is 5.69 Å². The summed E-state index contributed by atoms with van der Waals surface area (Å²) in [5, 5.41) is 11.5. The Hall–Kier alpha value is -3.65. The number of aromatic nitrogens is 2. The Morgan fingerprint density at radius 1 is 1.27 bits per heavy atom. The Labute approximate surface area is 189 Å². The van der Waals surface area contributed by atoms with Gasteiger partial charge in [0.1, 0.15) is 23.1 Å². The molecule has 1 aliphatic heterocycles. The van der Waals surface area contributed by atoms with E-state index in [2.05, 4.69) is 21.8 Å². The van der Waals surface area contributed by atoms with Gasteiger partial charge in [0.15, 0.2) is 5.82 Å². The van der Waals surface area contributed by atoms with E-state index in [0.29, 0.717) is 0 Å². The maximum absolute atomic E-state index is 14.4. The number of halogens is 5. The van der Waals surface area contributed by atoms with Crippen LogP contribution in [0.15, 0.2) is 36.7 Å². The van der Waals surface area contributed by atoms with Crippen LogP contribution in [0.3, 0.4) is 0 Å². The Morgan fingerprint density at radius 2 is 2.03 bits per heavy atom. The molecule has 3 aromatic rings. The third-order valence-corrected chi connectivity index (χ3v) is 5.79. The molecule has 0 amide bonds. The van der Waals surface area contributed by atoms with Crippen LogP contribution in [0.1, 0.15) is 12.0 Å². The van der Waals surface area contributed by atoms with Crippen molar-refractivity contribution in [1.29, 1.82) is 0 Å². The minimum Gasteiger partial charge on any atom is -0.383 e. The lowest BCUT2D eigenvalue weighted by molar-refractivity contribution is -0.385. The lowest BCUT2D eigenvalue weighted by Crippen LogP contribution is -2.39. The lowest BCUT2D eigenvalue weighted by atomic mass is 9.86. The summed E-state index contributed by atoms with van der Waals surface area (Å²) >= 11 is 5.77. The van der Waals surface area contributed by atoms with Gasteiger partial charge in [-0.2, -0.15) is 13.2 Å². The summed E-state index contributed by atoms with van der Waals surface area (Å²) in [6.45, 7) is -0.785. The van der Waals surface area contributed by atoms with E-state index >= 15 is 0 Å². The molecule has 0 spiro atoms. The summed E-state index contributed by atoms with van der Waals surface area (Å²) < 4.78 is 56.8. The molecule has 0 bridgehead atoms. The highest BCUT2D eigenvalue weighted by molar-refractivity contribution is 6.31. The second-order valence-corrected chi connectivity index (χ2v) is 7.88. The van der Waals surface area contributed by atoms with E-state index in [0.717, 1.165) is 12.4 Å². The molecule has 1 aromatic heterocycles. The zero-order valence-corrected chi connectivity index (χ0v) is 17.4. The molecular weight excluding hydrogens is 466 g/mol. The van der Waals surface area contributed by atoms with E-state index in [-0.39, 0.29) is 39.5 Å². The number of benzene rings is 2. The molecule has 170 valence electrons. The first-order valence-electron chi connectivity index (χ1n) is 9.50. The molecule has 33 heavy (non-hydrogen) atoms. The number of anilines is 2. The van der Waals surface area contributed by atoms with E-state index in [1.54, 1.807) is 0 Å². The molecule has 2 N–H and O–H groups in total. The van der Waals surface area contributed by atoms with Crippen LogP contribution in [0, 0.1) is 33.2 Å². The van der Waals surface area contributed by atoms with Crippen LogP contribution in [0.4, 0.5) is 34.8 Å². The van der Waals surface area contributed by atoms with Crippen molar-refractivity contribution in [3.63, 3.8) is 0 Å². The third kappa shape index (κ3) is 3.98. The monoisotopic (exact) mass is 479 g/mol. The molecule has 0 saturated carbocycles. The lowest BCUT2D eigenvalue weighted by Gasteiger charge is -2.27. The van der Waals surface area contributed by atoms with E-state index in [9.17, 15) is 27.7 Å². The van der Waals surface area contributed by atoms with Crippen LogP contribution in [-0.2, 0) is 0 Å². The van der Waals surface area contributed by atoms with Crippen molar-refractivity contribution in [3.05, 3.63) is 63.2 Å². The molecule has 7 nitrogen and oxygen atoms in total. The van der Waals surface area contributed by atoms with E-state index in [1.807, 2.05) is 0 Å². The predicted octanol–water partition coefficient (Wildman–Crippen LogP) is 4.72. The van der Waals surface area contributed by atoms with Crippen LogP contribution in [0.25, 0.3) is 10.9 Å². The van der Waals surface area contributed by atoms with Crippen LogP contribution < -0.4 is 10.6 Å². The van der Waals surface area contributed by atoms with Gasteiger partial charge in [-0.3, -0.25) is 10.1 Å². The van der Waals surface area contributed by atoms with Crippen molar-refractivity contribution in [2.45, 2.75) is 12.6 Å². The first-order chi connectivity index (χ1) is 15.5. The van der Waals surface area contributed by atoms with Gasteiger partial charge in [0, 0.05) is 24.5 Å². The number of nitro benzene ring substituents is 1. The number of alkyl halides is 3. The van der Waals surface area contributed by atoms with Gasteiger partial charge in [0.2, 0.25) is 0 Å². The smallest absolute Gasteiger partial charge is 0.383 e. The highest BCUT2D eigenvalue weighted by atomic mass is 35.5. The highest BCUT2D eigenvalue weighted by Gasteiger charge is 2.57. The van der Waals surface area contributed by atoms with E-state index in [4.69, 9.17) is 17.3 Å². The fourth-order valence-corrected chi connectivity index (χ4v) is 3.88. The van der Waals surface area contributed by atoms with Crippen LogP contribution in [-0.4, -0.2) is 34.2 Å². The molecule has 12 heteroatoms. The van der Waals surface area contributed by atoms with Crippen LogP contribution in [0.2, 0.25) is 5.02 Å². The number of hydrogen-bond acceptors (Lipinski definition) is 6. The van der Waals surface area contributed by atoms with Gasteiger partial charge in [-0.1, -0.05) is 29.5 Å². The molecule has 2 heterocycles. The first-order valence-corrected chi connectivity index (χ1v) is 9.88. The average molecular weight is 480 g/mol. The van der Waals surface area contributed by atoms with E-state index in [1.165, 1.54) is 29.2 Å². The molecule has 1 aliphatic rings. The van der Waals surface area contributed by atoms with Crippen molar-refractivity contribution in [2.75, 3.05) is 23.7 Å². The second kappa shape index (κ2) is 8.04. The number of hydrogen-bond donors (Lipinski definition) is 1. The topological polar surface area (TPSA) is 98.2 Å². The van der Waals surface area contributed by atoms with Gasteiger partial charge < -0.3 is 10.6 Å². The van der Waals surface area contributed by atoms with Gasteiger partial charge in [-0.05, 0) is 24.6 Å². The van der Waals surface area contributed by atoms with Gasteiger partial charge in [0.05, 0.1) is 21.2 Å². The molecule has 1 unspecified atom stereocenters. The van der Waals surface area contributed by atoms with Crippen molar-refractivity contribution < 1.29 is 22.5 Å². The quantitative estimate of drug-likeness (QED) is 0.247. The fourth-order valence-electron chi connectivity index (χ4n) is 3.71. The van der Waals surface area contributed by atoms with Crippen molar-refractivity contribution in [1.82, 2.24) is 9.97 Å². The molecule has 1 saturated heterocycles. The number of nitrogens with zero attached hydrogens (tertiary/aromatic N) is 4. The van der Waals surface area contributed by atoms with E-state index < -0.39 is 41.0 Å². The Bertz CT molecular complexity index is 1340. The first kappa shape index (κ1) is 22.5. The summed E-state index contributed by atoms with van der Waals surface area (Å²) in [4.78, 5) is 19.7. The Kier molecular flexibility index (Phi) is 5.49. The molecule has 4 rings (SSSR count). The largest absolute Gasteiger partial charge is 0.406 e. The normalized spacial score (nSPS) is 18.3. The molecule has 0 aliphatic carbocycles. The maximum Gasteiger partial charge on any atom is 0.406 e. The minimum absolute atomic E-state index is 0.00986. The third-order valence-electron chi connectivity index (χ3n) is 5.50. The summed E-state index contributed by atoms with van der Waals surface area (Å²) in [7, 11) is 0. The van der Waals surface area contributed by atoms with Gasteiger partial charge in [-0.15, -0.1) is 0 Å². The number of nitrogens with two attached hydrogens (primary N) is 1. The average Bonchev–Trinajstić information content (AvgIpc) is 3.19. The van der Waals surface area contributed by atoms with Crippen LogP contribution in [0.5, 0.6) is 0 Å². The minimum atomic E-state index is -4.78. The molecule has 0 radical (unpaired) electrons. The van der Waals surface area contributed by atoms with Crippen molar-refractivity contribution >= 4 is 39.7 Å². The Balaban J connectivity index is 1.79. The zero-order chi connectivity index (χ0) is 24.0. The molecule has 2 aromatic carbocycles. The Morgan fingerprint density at radius 3 is 2.73 bits per heavy atom. The SMILES string of the molecule is Nc1ncnc2cc(C#CC3(C(F)(F)F)CCN(c4cccc(Cl)c4F)C3)c([N+](=O)[O-])cc12. The molecule has 1 fully saturated rings. The summed E-state index contributed by atoms with van der Waals surface area (Å²) in [6, 6.07) is 6.34. The van der Waals surface area contributed by atoms with Gasteiger partial charge >= 0.3 is 6.18 Å². The number of nitrogen functional groups attached to an aromatic ring is 1. The summed E-state index contributed by atoms with van der Waals surface area (Å²) in [5.74, 6) is 3.71. The standard InChI is InChI=1S/C21H14ClF4N5O2/c22-14-2-1-3-16(18(14)23)30-7-6-20(10-30,21(24,25)26)5-4-12-8-15-13(9-17(12)31(32)33)19(27)29-11-28-15/h1-3,8-9,11H,6-7,10H2,(H2,27,28,29).